The molecule has 2 aromatic rings. The van der Waals surface area contributed by atoms with Crippen molar-refractivity contribution in [2.45, 2.75) is 13.8 Å². The molecule has 2 rings (SSSR count). The number of carbonyl (C=O) groups is 3. The molecule has 0 aliphatic heterocycles. The summed E-state index contributed by atoms with van der Waals surface area (Å²) in [6.45, 7) is 2.80. The number of anilines is 1. The van der Waals surface area contributed by atoms with Crippen molar-refractivity contribution in [2.24, 2.45) is 5.73 Å². The molecule has 0 saturated carbocycles. The molecule has 0 unspecified atom stereocenters. The normalized spacial score (nSPS) is 10.2. The molecule has 0 aromatic carbocycles. The van der Waals surface area contributed by atoms with Crippen LogP contribution in [0.1, 0.15) is 43.9 Å². The van der Waals surface area contributed by atoms with Crippen molar-refractivity contribution in [2.75, 3.05) is 5.32 Å². The van der Waals surface area contributed by atoms with Crippen LogP contribution in [0.25, 0.3) is 0 Å². The Morgan fingerprint density at radius 3 is 2.48 bits per heavy atom. The number of hydrogen-bond acceptors (Lipinski definition) is 5. The van der Waals surface area contributed by atoms with E-state index in [2.05, 4.69) is 10.3 Å². The van der Waals surface area contributed by atoms with E-state index in [1.165, 1.54) is 26.1 Å². The second-order valence-electron chi connectivity index (χ2n) is 4.33. The monoisotopic (exact) mass is 287 g/mol. The number of carbonyl (C=O) groups excluding carboxylic acids is 3. The molecule has 0 fully saturated rings. The molecule has 2 heterocycles. The molecule has 0 spiro atoms. The number of aryl methyl sites for hydroxylation is 1. The summed E-state index contributed by atoms with van der Waals surface area (Å²) in [6.07, 6.45) is 1.46. The molecule has 2 aromatic heterocycles. The van der Waals surface area contributed by atoms with Crippen molar-refractivity contribution in [3.8, 4) is 0 Å². The quantitative estimate of drug-likeness (QED) is 0.827. The lowest BCUT2D eigenvalue weighted by Gasteiger charge is -2.03. The Balaban J connectivity index is 2.41. The molecule has 0 aliphatic rings. The number of nitrogens with two attached hydrogens (primary N) is 1. The maximum absolute atomic E-state index is 12.0. The number of primary amides is 1. The first-order chi connectivity index (χ1) is 9.91. The molecule has 2 amide bonds. The first-order valence-electron chi connectivity index (χ1n) is 6.08. The molecular formula is C14H13N3O4. The molecule has 21 heavy (non-hydrogen) atoms. The van der Waals surface area contributed by atoms with Crippen LogP contribution in [0.3, 0.4) is 0 Å². The van der Waals surface area contributed by atoms with Crippen LogP contribution in [0.2, 0.25) is 0 Å². The van der Waals surface area contributed by atoms with Gasteiger partial charge in [0.25, 0.3) is 11.8 Å². The van der Waals surface area contributed by atoms with Crippen LogP contribution in [0.4, 0.5) is 5.88 Å². The first-order valence-corrected chi connectivity index (χ1v) is 6.08. The number of pyridine rings is 1. The third kappa shape index (κ3) is 2.81. The van der Waals surface area contributed by atoms with Gasteiger partial charge in [0.05, 0.1) is 5.56 Å². The third-order valence-electron chi connectivity index (χ3n) is 2.81. The number of hydrogen-bond donors (Lipinski definition) is 2. The fraction of sp³-hybridized carbons (Fsp3) is 0.143. The average molecular weight is 287 g/mol. The summed E-state index contributed by atoms with van der Waals surface area (Å²) >= 11 is 0. The van der Waals surface area contributed by atoms with Gasteiger partial charge in [0.2, 0.25) is 5.88 Å². The molecule has 108 valence electrons. The topological polar surface area (TPSA) is 115 Å². The van der Waals surface area contributed by atoms with Crippen molar-refractivity contribution in [1.29, 1.82) is 0 Å². The number of nitrogens with zero attached hydrogens (tertiary/aromatic N) is 1. The van der Waals surface area contributed by atoms with E-state index in [4.69, 9.17) is 10.2 Å². The number of nitrogens with one attached hydrogen (secondary N) is 1. The van der Waals surface area contributed by atoms with E-state index in [1.807, 2.05) is 0 Å². The summed E-state index contributed by atoms with van der Waals surface area (Å²) in [5.74, 6) is -1.73. The van der Waals surface area contributed by atoms with Crippen LogP contribution in [-0.2, 0) is 0 Å². The summed E-state index contributed by atoms with van der Waals surface area (Å²) in [4.78, 5) is 39.0. The van der Waals surface area contributed by atoms with Gasteiger partial charge in [-0.3, -0.25) is 24.7 Å². The van der Waals surface area contributed by atoms with Gasteiger partial charge in [0.1, 0.15) is 17.0 Å². The van der Waals surface area contributed by atoms with Gasteiger partial charge in [0, 0.05) is 6.20 Å². The number of amides is 2. The summed E-state index contributed by atoms with van der Waals surface area (Å²) in [5.41, 5.74) is 5.34. The Labute approximate surface area is 120 Å². The number of ketones is 1. The van der Waals surface area contributed by atoms with Gasteiger partial charge in [0.15, 0.2) is 5.78 Å². The summed E-state index contributed by atoms with van der Waals surface area (Å²) in [7, 11) is 0. The van der Waals surface area contributed by atoms with Gasteiger partial charge in [-0.05, 0) is 26.0 Å². The van der Waals surface area contributed by atoms with Crippen LogP contribution in [-0.4, -0.2) is 22.6 Å². The fourth-order valence-electron chi connectivity index (χ4n) is 1.96. The highest BCUT2D eigenvalue weighted by molar-refractivity contribution is 6.13. The number of Topliss-reactive ketones (excluding diaryl/α,β-unsaturated/α-hetero) is 1. The minimum atomic E-state index is -0.853. The van der Waals surface area contributed by atoms with Gasteiger partial charge < -0.3 is 10.2 Å². The lowest BCUT2D eigenvalue weighted by molar-refractivity contribution is 0.0974. The Morgan fingerprint density at radius 2 is 1.95 bits per heavy atom. The van der Waals surface area contributed by atoms with Crippen LogP contribution in [0, 0.1) is 6.92 Å². The van der Waals surface area contributed by atoms with Gasteiger partial charge in [-0.25, -0.2) is 0 Å². The zero-order valence-corrected chi connectivity index (χ0v) is 11.5. The molecule has 0 radical (unpaired) electrons. The second-order valence-corrected chi connectivity index (χ2v) is 4.33. The minimum absolute atomic E-state index is 0.0684. The van der Waals surface area contributed by atoms with Gasteiger partial charge in [-0.2, -0.15) is 0 Å². The number of furan rings is 1. The standard InChI is InChI=1S/C14H13N3O4/c1-7(18)10-8(2)21-14(11(10)12(15)19)17-13(20)9-5-3-4-6-16-9/h3-6H,1-2H3,(H2,15,19)(H,17,20). The number of aromatic nitrogens is 1. The van der Waals surface area contributed by atoms with Gasteiger partial charge >= 0.3 is 0 Å². The highest BCUT2D eigenvalue weighted by Gasteiger charge is 2.26. The second kappa shape index (κ2) is 5.58. The summed E-state index contributed by atoms with van der Waals surface area (Å²) in [5, 5.41) is 2.40. The van der Waals surface area contributed by atoms with Crippen molar-refractivity contribution >= 4 is 23.5 Å². The maximum Gasteiger partial charge on any atom is 0.276 e. The van der Waals surface area contributed by atoms with Crippen LogP contribution >= 0.6 is 0 Å². The van der Waals surface area contributed by atoms with Gasteiger partial charge in [-0.1, -0.05) is 6.07 Å². The van der Waals surface area contributed by atoms with E-state index in [1.54, 1.807) is 12.1 Å². The molecule has 7 heteroatoms. The van der Waals surface area contributed by atoms with Crippen molar-refractivity contribution in [3.63, 3.8) is 0 Å². The fourth-order valence-corrected chi connectivity index (χ4v) is 1.96. The van der Waals surface area contributed by atoms with E-state index in [9.17, 15) is 14.4 Å². The van der Waals surface area contributed by atoms with Crippen LogP contribution in [0.15, 0.2) is 28.8 Å². The predicted octanol–water partition coefficient (Wildman–Crippen LogP) is 1.54. The Morgan fingerprint density at radius 1 is 1.24 bits per heavy atom. The zero-order chi connectivity index (χ0) is 15.6. The number of rotatable bonds is 4. The zero-order valence-electron chi connectivity index (χ0n) is 11.5. The van der Waals surface area contributed by atoms with E-state index < -0.39 is 11.8 Å². The minimum Gasteiger partial charge on any atom is -0.444 e. The molecule has 3 N–H and O–H groups in total. The SMILES string of the molecule is CC(=O)c1c(C)oc(NC(=O)c2ccccn2)c1C(N)=O. The molecule has 0 saturated heterocycles. The smallest absolute Gasteiger partial charge is 0.276 e. The largest absolute Gasteiger partial charge is 0.444 e. The van der Waals surface area contributed by atoms with Gasteiger partial charge in [-0.15, -0.1) is 0 Å². The van der Waals surface area contributed by atoms with E-state index in [-0.39, 0.29) is 34.2 Å². The van der Waals surface area contributed by atoms with E-state index >= 15 is 0 Å². The highest BCUT2D eigenvalue weighted by atomic mass is 16.4. The Bertz CT molecular complexity index is 719. The van der Waals surface area contributed by atoms with Crippen molar-refractivity contribution in [1.82, 2.24) is 4.98 Å². The third-order valence-corrected chi connectivity index (χ3v) is 2.81. The van der Waals surface area contributed by atoms with E-state index in [0.717, 1.165) is 0 Å². The molecule has 7 nitrogen and oxygen atoms in total. The van der Waals surface area contributed by atoms with Crippen LogP contribution < -0.4 is 11.1 Å². The Hall–Kier alpha value is -2.96. The highest BCUT2D eigenvalue weighted by Crippen LogP contribution is 2.27. The lowest BCUT2D eigenvalue weighted by atomic mass is 10.1. The molecule has 0 aliphatic carbocycles. The van der Waals surface area contributed by atoms with Crippen molar-refractivity contribution in [3.05, 3.63) is 47.0 Å². The van der Waals surface area contributed by atoms with Crippen LogP contribution in [0.5, 0.6) is 0 Å². The first kappa shape index (κ1) is 14.4. The molecular weight excluding hydrogens is 274 g/mol. The summed E-state index contributed by atoms with van der Waals surface area (Å²) in [6, 6.07) is 4.81. The lowest BCUT2D eigenvalue weighted by Crippen LogP contribution is -2.19. The predicted molar refractivity (Wildman–Crippen MR) is 74.2 cm³/mol. The van der Waals surface area contributed by atoms with E-state index in [0.29, 0.717) is 0 Å². The summed E-state index contributed by atoms with van der Waals surface area (Å²) < 4.78 is 5.28. The Kier molecular flexibility index (Phi) is 3.84. The maximum atomic E-state index is 12.0. The molecule has 0 atom stereocenters. The average Bonchev–Trinajstić information content (AvgIpc) is 2.76. The van der Waals surface area contributed by atoms with Crippen molar-refractivity contribution < 1.29 is 18.8 Å². The molecule has 0 bridgehead atoms.